The summed E-state index contributed by atoms with van der Waals surface area (Å²) in [5.74, 6) is -0.878. The van der Waals surface area contributed by atoms with Gasteiger partial charge in [-0.3, -0.25) is 4.79 Å². The number of ketones is 1. The minimum atomic E-state index is -0.567. The number of carbonyl (C=O) groups excluding carboxylic acids is 1. The van der Waals surface area contributed by atoms with Gasteiger partial charge in [0.15, 0.2) is 5.76 Å². The third-order valence-corrected chi connectivity index (χ3v) is 5.05. The summed E-state index contributed by atoms with van der Waals surface area (Å²) < 4.78 is 39.0. The molecule has 1 heterocycles. The van der Waals surface area contributed by atoms with E-state index in [0.717, 1.165) is 0 Å². The first-order valence-corrected chi connectivity index (χ1v) is 9.27. The van der Waals surface area contributed by atoms with Crippen LogP contribution in [0.5, 0.6) is 11.5 Å². The van der Waals surface area contributed by atoms with Crippen LogP contribution >= 0.6 is 23.2 Å². The summed E-state index contributed by atoms with van der Waals surface area (Å²) in [5, 5.41) is 0.417. The second kappa shape index (κ2) is 7.85. The van der Waals surface area contributed by atoms with Gasteiger partial charge in [0.25, 0.3) is 0 Å². The first-order valence-electron chi connectivity index (χ1n) is 8.52. The van der Waals surface area contributed by atoms with Gasteiger partial charge < -0.3 is 9.47 Å². The topological polar surface area (TPSA) is 35.5 Å². The highest BCUT2D eigenvalue weighted by Crippen LogP contribution is 2.36. The molecule has 0 aromatic heterocycles. The van der Waals surface area contributed by atoms with Crippen molar-refractivity contribution in [1.29, 1.82) is 0 Å². The minimum absolute atomic E-state index is 0.0544. The van der Waals surface area contributed by atoms with Gasteiger partial charge in [0.2, 0.25) is 5.78 Å². The van der Waals surface area contributed by atoms with Crippen LogP contribution in [0.3, 0.4) is 0 Å². The summed E-state index contributed by atoms with van der Waals surface area (Å²) in [6.07, 6.45) is 1.26. The average molecular weight is 433 g/mol. The fraction of sp³-hybridized carbons (Fsp3) is 0.0455. The highest BCUT2D eigenvalue weighted by molar-refractivity contribution is 6.32. The van der Waals surface area contributed by atoms with Gasteiger partial charge in [0.1, 0.15) is 29.7 Å². The van der Waals surface area contributed by atoms with Crippen LogP contribution in [-0.4, -0.2) is 5.78 Å². The van der Waals surface area contributed by atoms with Crippen molar-refractivity contribution in [2.45, 2.75) is 6.61 Å². The van der Waals surface area contributed by atoms with Crippen molar-refractivity contribution in [3.63, 3.8) is 0 Å². The molecule has 0 saturated carbocycles. The Hall–Kier alpha value is -2.89. The van der Waals surface area contributed by atoms with Gasteiger partial charge in [-0.05, 0) is 42.5 Å². The van der Waals surface area contributed by atoms with E-state index >= 15 is 0 Å². The fourth-order valence-corrected chi connectivity index (χ4v) is 3.30. The van der Waals surface area contributed by atoms with Crippen molar-refractivity contribution in [2.75, 3.05) is 0 Å². The number of Topliss-reactive ketones (excluding diaryl/α,β-unsaturated/α-hetero) is 1. The number of hydrogen-bond donors (Lipinski definition) is 0. The van der Waals surface area contributed by atoms with E-state index in [-0.39, 0.29) is 39.3 Å². The number of benzene rings is 3. The van der Waals surface area contributed by atoms with E-state index in [1.54, 1.807) is 12.1 Å². The Labute approximate surface area is 175 Å². The van der Waals surface area contributed by atoms with Gasteiger partial charge in [0, 0.05) is 17.2 Å². The summed E-state index contributed by atoms with van der Waals surface area (Å²) in [5.41, 5.74) is 0.595. The summed E-state index contributed by atoms with van der Waals surface area (Å²) in [7, 11) is 0. The first kappa shape index (κ1) is 19.4. The second-order valence-electron chi connectivity index (χ2n) is 6.22. The highest BCUT2D eigenvalue weighted by atomic mass is 35.5. The molecule has 0 amide bonds. The molecule has 3 aromatic rings. The number of fused-ring (bicyclic) bond motifs is 1. The molecule has 1 aliphatic heterocycles. The van der Waals surface area contributed by atoms with Crippen LogP contribution in [0.1, 0.15) is 21.5 Å². The molecule has 0 bridgehead atoms. The Kier molecular flexibility index (Phi) is 5.26. The molecule has 0 fully saturated rings. The third kappa shape index (κ3) is 3.84. The number of carbonyl (C=O) groups is 1. The van der Waals surface area contributed by atoms with Gasteiger partial charge in [-0.2, -0.15) is 0 Å². The summed E-state index contributed by atoms with van der Waals surface area (Å²) in [6.45, 7) is -0.0915. The molecule has 0 spiro atoms. The molecular formula is C22H12Cl2F2O3. The Bertz CT molecular complexity index is 1120. The summed E-state index contributed by atoms with van der Waals surface area (Å²) in [6, 6.07) is 13.2. The molecule has 146 valence electrons. The van der Waals surface area contributed by atoms with E-state index in [1.807, 2.05) is 0 Å². The lowest BCUT2D eigenvalue weighted by atomic mass is 10.1. The average Bonchev–Trinajstić information content (AvgIpc) is 2.99. The van der Waals surface area contributed by atoms with Crippen molar-refractivity contribution in [3.05, 3.63) is 98.7 Å². The van der Waals surface area contributed by atoms with Crippen LogP contribution in [0.15, 0.2) is 60.4 Å². The van der Waals surface area contributed by atoms with Gasteiger partial charge in [-0.25, -0.2) is 8.78 Å². The van der Waals surface area contributed by atoms with Crippen molar-refractivity contribution < 1.29 is 23.0 Å². The number of ether oxygens (including phenoxy) is 2. The van der Waals surface area contributed by atoms with E-state index in [4.69, 9.17) is 32.7 Å². The lowest BCUT2D eigenvalue weighted by Gasteiger charge is -2.09. The monoisotopic (exact) mass is 432 g/mol. The zero-order chi connectivity index (χ0) is 20.5. The number of allylic oxidation sites excluding steroid dienone is 1. The Morgan fingerprint density at radius 3 is 2.41 bits per heavy atom. The molecule has 4 rings (SSSR count). The Morgan fingerprint density at radius 2 is 1.69 bits per heavy atom. The summed E-state index contributed by atoms with van der Waals surface area (Å²) in [4.78, 5) is 12.5. The van der Waals surface area contributed by atoms with Crippen LogP contribution in [0.4, 0.5) is 8.78 Å². The fourth-order valence-electron chi connectivity index (χ4n) is 2.86. The van der Waals surface area contributed by atoms with Crippen LogP contribution in [0, 0.1) is 11.6 Å². The molecule has 3 aromatic carbocycles. The van der Waals surface area contributed by atoms with E-state index in [9.17, 15) is 13.6 Å². The molecule has 0 saturated heterocycles. The molecule has 0 unspecified atom stereocenters. The van der Waals surface area contributed by atoms with Crippen LogP contribution in [0.25, 0.3) is 6.08 Å². The Balaban J connectivity index is 1.57. The van der Waals surface area contributed by atoms with Crippen molar-refractivity contribution >= 4 is 35.1 Å². The zero-order valence-electron chi connectivity index (χ0n) is 14.7. The predicted molar refractivity (Wildman–Crippen MR) is 107 cm³/mol. The maximum absolute atomic E-state index is 14.0. The smallest absolute Gasteiger partial charge is 0.231 e. The number of hydrogen-bond acceptors (Lipinski definition) is 3. The molecule has 1 aliphatic rings. The standard InChI is InChI=1S/C22H12Cl2F2O3/c23-16-3-1-5-18(25)14(16)10-21-22(27)13-8-7-12(9-20(13)29-21)28-11-15-17(24)4-2-6-19(15)26/h1-10H,11H2. The molecule has 0 aliphatic carbocycles. The normalized spacial score (nSPS) is 14.1. The minimum Gasteiger partial charge on any atom is -0.489 e. The lowest BCUT2D eigenvalue weighted by Crippen LogP contribution is -2.00. The van der Waals surface area contributed by atoms with Crippen LogP contribution < -0.4 is 9.47 Å². The molecule has 29 heavy (non-hydrogen) atoms. The second-order valence-corrected chi connectivity index (χ2v) is 7.04. The molecule has 0 N–H and O–H groups in total. The van der Waals surface area contributed by atoms with Gasteiger partial charge in [-0.1, -0.05) is 35.3 Å². The van der Waals surface area contributed by atoms with E-state index in [0.29, 0.717) is 11.3 Å². The molecular weight excluding hydrogens is 421 g/mol. The zero-order valence-corrected chi connectivity index (χ0v) is 16.2. The Morgan fingerprint density at radius 1 is 0.966 bits per heavy atom. The largest absolute Gasteiger partial charge is 0.489 e. The quantitative estimate of drug-likeness (QED) is 0.443. The SMILES string of the molecule is O=C1C(=Cc2c(F)cccc2Cl)Oc2cc(OCc3c(F)cccc3Cl)ccc21. The molecule has 3 nitrogen and oxygen atoms in total. The predicted octanol–water partition coefficient (Wildman–Crippen LogP) is 6.47. The number of halogens is 4. The summed E-state index contributed by atoms with van der Waals surface area (Å²) >= 11 is 12.0. The van der Waals surface area contributed by atoms with E-state index in [2.05, 4.69) is 0 Å². The van der Waals surface area contributed by atoms with Crippen molar-refractivity contribution in [1.82, 2.24) is 0 Å². The maximum Gasteiger partial charge on any atom is 0.231 e. The lowest BCUT2D eigenvalue weighted by molar-refractivity contribution is 0.101. The molecule has 0 atom stereocenters. The van der Waals surface area contributed by atoms with E-state index in [1.165, 1.54) is 48.5 Å². The van der Waals surface area contributed by atoms with Crippen LogP contribution in [0.2, 0.25) is 10.0 Å². The van der Waals surface area contributed by atoms with Crippen molar-refractivity contribution in [3.8, 4) is 11.5 Å². The van der Waals surface area contributed by atoms with Gasteiger partial charge >= 0.3 is 0 Å². The highest BCUT2D eigenvalue weighted by Gasteiger charge is 2.28. The van der Waals surface area contributed by atoms with Crippen LogP contribution in [-0.2, 0) is 6.61 Å². The number of rotatable bonds is 4. The van der Waals surface area contributed by atoms with Crippen molar-refractivity contribution in [2.24, 2.45) is 0 Å². The maximum atomic E-state index is 14.0. The van der Waals surface area contributed by atoms with Gasteiger partial charge in [0.05, 0.1) is 15.6 Å². The van der Waals surface area contributed by atoms with Gasteiger partial charge in [-0.15, -0.1) is 0 Å². The first-order chi connectivity index (χ1) is 13.9. The van der Waals surface area contributed by atoms with E-state index < -0.39 is 17.4 Å². The third-order valence-electron chi connectivity index (χ3n) is 4.36. The molecule has 0 radical (unpaired) electrons. The molecule has 7 heteroatoms.